The standard InChI is InChI=1S/C11H14O3/c1-2-14-11-8-9(4-3-7-12)5-6-10(11)13/h3,5-8,12-13H,2,4H2,1H3. The third-order valence-electron chi connectivity index (χ3n) is 1.78. The molecule has 14 heavy (non-hydrogen) atoms. The number of phenolic OH excluding ortho intramolecular Hbond substituents is 1. The second kappa shape index (κ2) is 5.17. The fraction of sp³-hybridized carbons (Fsp3) is 0.273. The van der Waals surface area contributed by atoms with Crippen molar-refractivity contribution in [1.29, 1.82) is 0 Å². The van der Waals surface area contributed by atoms with Gasteiger partial charge in [0, 0.05) is 0 Å². The molecule has 0 unspecified atom stereocenters. The minimum atomic E-state index is 0.142. The average molecular weight is 194 g/mol. The number of aromatic hydroxyl groups is 1. The van der Waals surface area contributed by atoms with E-state index < -0.39 is 0 Å². The molecule has 2 N–H and O–H groups in total. The maximum absolute atomic E-state index is 9.40. The number of hydrogen-bond acceptors (Lipinski definition) is 3. The molecule has 1 aromatic carbocycles. The van der Waals surface area contributed by atoms with Crippen LogP contribution in [0.1, 0.15) is 12.5 Å². The van der Waals surface area contributed by atoms with Gasteiger partial charge in [-0.05, 0) is 37.1 Å². The van der Waals surface area contributed by atoms with Crippen LogP contribution >= 0.6 is 0 Å². The molecule has 0 aliphatic carbocycles. The van der Waals surface area contributed by atoms with Crippen LogP contribution in [0.5, 0.6) is 11.5 Å². The summed E-state index contributed by atoms with van der Waals surface area (Å²) < 4.78 is 5.22. The Morgan fingerprint density at radius 3 is 2.86 bits per heavy atom. The van der Waals surface area contributed by atoms with Crippen molar-refractivity contribution in [3.63, 3.8) is 0 Å². The summed E-state index contributed by atoms with van der Waals surface area (Å²) in [5, 5.41) is 17.9. The van der Waals surface area contributed by atoms with Crippen molar-refractivity contribution in [3.8, 4) is 11.5 Å². The van der Waals surface area contributed by atoms with E-state index in [2.05, 4.69) is 0 Å². The third-order valence-corrected chi connectivity index (χ3v) is 1.78. The van der Waals surface area contributed by atoms with Gasteiger partial charge < -0.3 is 14.9 Å². The summed E-state index contributed by atoms with van der Waals surface area (Å²) in [5.74, 6) is 0.625. The molecule has 3 heteroatoms. The van der Waals surface area contributed by atoms with Crippen molar-refractivity contribution < 1.29 is 14.9 Å². The Bertz CT molecular complexity index is 318. The van der Waals surface area contributed by atoms with Crippen LogP contribution in [0.3, 0.4) is 0 Å². The number of phenols is 1. The number of aliphatic hydroxyl groups excluding tert-OH is 1. The molecule has 0 bridgehead atoms. The van der Waals surface area contributed by atoms with Gasteiger partial charge in [-0.2, -0.15) is 0 Å². The SMILES string of the molecule is CCOc1cc(CC=CO)ccc1O. The zero-order valence-electron chi connectivity index (χ0n) is 8.10. The molecule has 0 aliphatic heterocycles. The first-order valence-corrected chi connectivity index (χ1v) is 4.51. The largest absolute Gasteiger partial charge is 0.516 e. The average Bonchev–Trinajstić information content (AvgIpc) is 2.19. The van der Waals surface area contributed by atoms with Crippen LogP contribution in [0.4, 0.5) is 0 Å². The molecule has 0 heterocycles. The van der Waals surface area contributed by atoms with E-state index in [-0.39, 0.29) is 5.75 Å². The highest BCUT2D eigenvalue weighted by Crippen LogP contribution is 2.26. The number of hydrogen-bond donors (Lipinski definition) is 2. The molecule has 1 aromatic rings. The molecular weight excluding hydrogens is 180 g/mol. The Labute approximate surface area is 83.3 Å². The summed E-state index contributed by atoms with van der Waals surface area (Å²) in [4.78, 5) is 0. The topological polar surface area (TPSA) is 49.7 Å². The molecule has 0 atom stereocenters. The molecule has 0 saturated heterocycles. The van der Waals surface area contributed by atoms with Crippen molar-refractivity contribution in [3.05, 3.63) is 36.1 Å². The highest BCUT2D eigenvalue weighted by atomic mass is 16.5. The second-order valence-electron chi connectivity index (χ2n) is 2.82. The lowest BCUT2D eigenvalue weighted by Gasteiger charge is -2.06. The van der Waals surface area contributed by atoms with E-state index in [1.165, 1.54) is 0 Å². The van der Waals surface area contributed by atoms with E-state index in [9.17, 15) is 5.11 Å². The highest BCUT2D eigenvalue weighted by molar-refractivity contribution is 5.42. The first-order valence-electron chi connectivity index (χ1n) is 4.51. The first kappa shape index (κ1) is 10.4. The van der Waals surface area contributed by atoms with E-state index in [4.69, 9.17) is 9.84 Å². The van der Waals surface area contributed by atoms with Gasteiger partial charge in [0.15, 0.2) is 11.5 Å². The summed E-state index contributed by atoms with van der Waals surface area (Å²) in [7, 11) is 0. The Balaban J connectivity index is 2.82. The van der Waals surface area contributed by atoms with Crippen LogP contribution in [-0.4, -0.2) is 16.8 Å². The van der Waals surface area contributed by atoms with E-state index >= 15 is 0 Å². The van der Waals surface area contributed by atoms with Crippen LogP contribution in [0.15, 0.2) is 30.5 Å². The molecule has 0 amide bonds. The van der Waals surface area contributed by atoms with Crippen molar-refractivity contribution in [2.24, 2.45) is 0 Å². The zero-order chi connectivity index (χ0) is 10.4. The maximum Gasteiger partial charge on any atom is 0.161 e. The quantitative estimate of drug-likeness (QED) is 0.723. The molecule has 0 radical (unpaired) electrons. The Kier molecular flexibility index (Phi) is 3.85. The monoisotopic (exact) mass is 194 g/mol. The Hall–Kier alpha value is -1.64. The van der Waals surface area contributed by atoms with Gasteiger partial charge in [0.1, 0.15) is 0 Å². The molecule has 3 nitrogen and oxygen atoms in total. The number of benzene rings is 1. The maximum atomic E-state index is 9.40. The minimum Gasteiger partial charge on any atom is -0.516 e. The van der Waals surface area contributed by atoms with Crippen LogP contribution in [0.25, 0.3) is 0 Å². The first-order chi connectivity index (χ1) is 6.77. The van der Waals surface area contributed by atoms with Crippen LogP contribution in [0, 0.1) is 0 Å². The van der Waals surface area contributed by atoms with Crippen molar-refractivity contribution in [2.75, 3.05) is 6.61 Å². The van der Waals surface area contributed by atoms with Gasteiger partial charge in [0.2, 0.25) is 0 Å². The summed E-state index contributed by atoms with van der Waals surface area (Å²) in [6, 6.07) is 5.14. The van der Waals surface area contributed by atoms with Crippen molar-refractivity contribution >= 4 is 0 Å². The Morgan fingerprint density at radius 2 is 2.21 bits per heavy atom. The zero-order valence-corrected chi connectivity index (χ0v) is 8.10. The molecule has 76 valence electrons. The van der Waals surface area contributed by atoms with Gasteiger partial charge in [-0.25, -0.2) is 0 Å². The summed E-state index contributed by atoms with van der Waals surface area (Å²) in [6.07, 6.45) is 3.26. The second-order valence-corrected chi connectivity index (χ2v) is 2.82. The van der Waals surface area contributed by atoms with E-state index in [1.807, 2.05) is 6.92 Å². The molecule has 0 aliphatic rings. The van der Waals surface area contributed by atoms with E-state index in [1.54, 1.807) is 24.3 Å². The van der Waals surface area contributed by atoms with Gasteiger partial charge in [-0.1, -0.05) is 6.07 Å². The fourth-order valence-electron chi connectivity index (χ4n) is 1.15. The van der Waals surface area contributed by atoms with Crippen molar-refractivity contribution in [2.45, 2.75) is 13.3 Å². The predicted molar refractivity (Wildman–Crippen MR) is 54.7 cm³/mol. The lowest BCUT2D eigenvalue weighted by atomic mass is 10.1. The molecule has 0 spiro atoms. The molecule has 0 saturated carbocycles. The van der Waals surface area contributed by atoms with Crippen molar-refractivity contribution in [1.82, 2.24) is 0 Å². The molecule has 0 fully saturated rings. The lowest BCUT2D eigenvalue weighted by Crippen LogP contribution is -1.93. The van der Waals surface area contributed by atoms with E-state index in [0.29, 0.717) is 18.8 Å². The van der Waals surface area contributed by atoms with Crippen LogP contribution in [0.2, 0.25) is 0 Å². The van der Waals surface area contributed by atoms with Gasteiger partial charge >= 0.3 is 0 Å². The van der Waals surface area contributed by atoms with Crippen LogP contribution in [-0.2, 0) is 6.42 Å². The summed E-state index contributed by atoms with van der Waals surface area (Å²) >= 11 is 0. The highest BCUT2D eigenvalue weighted by Gasteiger charge is 2.01. The van der Waals surface area contributed by atoms with Gasteiger partial charge in [-0.15, -0.1) is 0 Å². The smallest absolute Gasteiger partial charge is 0.161 e. The number of rotatable bonds is 4. The fourth-order valence-corrected chi connectivity index (χ4v) is 1.15. The van der Waals surface area contributed by atoms with Gasteiger partial charge in [0.25, 0.3) is 0 Å². The van der Waals surface area contributed by atoms with Gasteiger partial charge in [0.05, 0.1) is 12.9 Å². The summed E-state index contributed by atoms with van der Waals surface area (Å²) in [5.41, 5.74) is 0.983. The summed E-state index contributed by atoms with van der Waals surface area (Å²) in [6.45, 7) is 2.38. The predicted octanol–water partition coefficient (Wildman–Crippen LogP) is 2.41. The minimum absolute atomic E-state index is 0.142. The van der Waals surface area contributed by atoms with Gasteiger partial charge in [-0.3, -0.25) is 0 Å². The molecule has 1 rings (SSSR count). The Morgan fingerprint density at radius 1 is 1.43 bits per heavy atom. The third kappa shape index (κ3) is 2.69. The number of ether oxygens (including phenoxy) is 1. The van der Waals surface area contributed by atoms with Crippen LogP contribution < -0.4 is 4.74 Å². The number of allylic oxidation sites excluding steroid dienone is 1. The van der Waals surface area contributed by atoms with E-state index in [0.717, 1.165) is 11.8 Å². The molecular formula is C11H14O3. The molecule has 0 aromatic heterocycles. The number of aliphatic hydroxyl groups is 1. The lowest BCUT2D eigenvalue weighted by molar-refractivity contribution is 0.318. The normalized spacial score (nSPS) is 10.6.